The van der Waals surface area contributed by atoms with Gasteiger partial charge in [-0.15, -0.1) is 0 Å². The largest absolute Gasteiger partial charge is 0.493 e. The highest BCUT2D eigenvalue weighted by molar-refractivity contribution is 9.10. The number of hydrogen-bond donors (Lipinski definition) is 0. The maximum Gasteiger partial charge on any atom is 0.123 e. The first kappa shape index (κ1) is 22.2. The summed E-state index contributed by atoms with van der Waals surface area (Å²) in [6, 6.07) is 8.60. The minimum atomic E-state index is 0.627. The number of rotatable bonds is 12. The average molecular weight is 436 g/mol. The third-order valence-corrected chi connectivity index (χ3v) is 5.67. The second-order valence-electron chi connectivity index (χ2n) is 7.39. The molecule has 4 nitrogen and oxygen atoms in total. The molecule has 1 aliphatic heterocycles. The van der Waals surface area contributed by atoms with Crippen LogP contribution in [0.2, 0.25) is 0 Å². The van der Waals surface area contributed by atoms with Gasteiger partial charge in [0.15, 0.2) is 0 Å². The van der Waals surface area contributed by atoms with Crippen LogP contribution < -0.4 is 4.74 Å². The lowest BCUT2D eigenvalue weighted by Gasteiger charge is -2.34. The van der Waals surface area contributed by atoms with E-state index in [1.807, 2.05) is 0 Å². The summed E-state index contributed by atoms with van der Waals surface area (Å²) in [6.45, 7) is 9.08. The van der Waals surface area contributed by atoms with Crippen LogP contribution in [0.1, 0.15) is 57.4 Å². The van der Waals surface area contributed by atoms with Gasteiger partial charge in [0.1, 0.15) is 5.75 Å². The fourth-order valence-electron chi connectivity index (χ4n) is 3.50. The molecule has 0 aromatic heterocycles. The number of unbranched alkanes of at least 4 members (excludes halogenated alkanes) is 5. The van der Waals surface area contributed by atoms with Gasteiger partial charge in [-0.25, -0.2) is 0 Å². The van der Waals surface area contributed by atoms with Crippen LogP contribution in [-0.2, 0) is 6.54 Å². The first-order chi connectivity index (χ1) is 13.2. The third-order valence-electron chi connectivity index (χ3n) is 5.18. The second kappa shape index (κ2) is 13.1. The van der Waals surface area contributed by atoms with Crippen LogP contribution in [-0.4, -0.2) is 49.1 Å². The SMILES string of the molecule is CCCCCCCCOc1ccc(Br)cc1CN1CCN(CCC#N)CC1. The van der Waals surface area contributed by atoms with Crippen molar-refractivity contribution in [2.45, 2.75) is 58.4 Å². The van der Waals surface area contributed by atoms with Crippen LogP contribution in [0.4, 0.5) is 0 Å². The Morgan fingerprint density at radius 2 is 1.74 bits per heavy atom. The minimum Gasteiger partial charge on any atom is -0.493 e. The molecule has 0 atom stereocenters. The summed E-state index contributed by atoms with van der Waals surface area (Å²) in [5, 5.41) is 8.74. The third kappa shape index (κ3) is 8.64. The first-order valence-corrected chi connectivity index (χ1v) is 11.2. The van der Waals surface area contributed by atoms with Crippen molar-refractivity contribution in [1.29, 1.82) is 5.26 Å². The Hall–Kier alpha value is -1.09. The molecular formula is C22H34BrN3O. The molecule has 1 aromatic carbocycles. The number of ether oxygens (including phenoxy) is 1. The van der Waals surface area contributed by atoms with E-state index in [0.29, 0.717) is 6.42 Å². The topological polar surface area (TPSA) is 39.5 Å². The maximum atomic E-state index is 8.74. The molecule has 1 aromatic rings. The summed E-state index contributed by atoms with van der Waals surface area (Å²) in [4.78, 5) is 4.87. The van der Waals surface area contributed by atoms with Crippen molar-refractivity contribution < 1.29 is 4.74 Å². The Morgan fingerprint density at radius 3 is 2.48 bits per heavy atom. The normalized spacial score (nSPS) is 15.6. The van der Waals surface area contributed by atoms with Gasteiger partial charge in [-0.1, -0.05) is 55.0 Å². The van der Waals surface area contributed by atoms with Crippen LogP contribution >= 0.6 is 15.9 Å². The lowest BCUT2D eigenvalue weighted by molar-refractivity contribution is 0.128. The molecule has 0 bridgehead atoms. The quantitative estimate of drug-likeness (QED) is 0.421. The van der Waals surface area contributed by atoms with Gasteiger partial charge in [0.05, 0.1) is 12.7 Å². The van der Waals surface area contributed by atoms with Gasteiger partial charge in [0, 0.05) is 55.7 Å². The van der Waals surface area contributed by atoms with Crippen molar-refractivity contribution in [3.63, 3.8) is 0 Å². The Labute approximate surface area is 173 Å². The number of nitriles is 1. The van der Waals surface area contributed by atoms with Crippen molar-refractivity contribution >= 4 is 15.9 Å². The molecular weight excluding hydrogens is 402 g/mol. The van der Waals surface area contributed by atoms with Crippen molar-refractivity contribution in [1.82, 2.24) is 9.80 Å². The molecule has 0 saturated carbocycles. The highest BCUT2D eigenvalue weighted by Crippen LogP contribution is 2.25. The predicted molar refractivity (Wildman–Crippen MR) is 115 cm³/mol. The summed E-state index contributed by atoms with van der Waals surface area (Å²) < 4.78 is 7.23. The molecule has 0 aliphatic carbocycles. The van der Waals surface area contributed by atoms with Gasteiger partial charge in [-0.3, -0.25) is 9.80 Å². The average Bonchev–Trinajstić information content (AvgIpc) is 2.68. The fourth-order valence-corrected chi connectivity index (χ4v) is 3.91. The lowest BCUT2D eigenvalue weighted by atomic mass is 10.1. The number of piperazine rings is 1. The molecule has 1 fully saturated rings. The van der Waals surface area contributed by atoms with Gasteiger partial charge < -0.3 is 4.74 Å². The fraction of sp³-hybridized carbons (Fsp3) is 0.682. The molecule has 0 unspecified atom stereocenters. The zero-order valence-corrected chi connectivity index (χ0v) is 18.3. The molecule has 2 rings (SSSR count). The van der Waals surface area contributed by atoms with E-state index in [-0.39, 0.29) is 0 Å². The molecule has 1 saturated heterocycles. The summed E-state index contributed by atoms with van der Waals surface area (Å²) in [6.07, 6.45) is 8.34. The Kier molecular flexibility index (Phi) is 10.8. The molecule has 0 N–H and O–H groups in total. The van der Waals surface area contributed by atoms with Crippen molar-refractivity contribution in [2.24, 2.45) is 0 Å². The van der Waals surface area contributed by atoms with Crippen LogP contribution in [0.5, 0.6) is 5.75 Å². The zero-order chi connectivity index (χ0) is 19.3. The van der Waals surface area contributed by atoms with Gasteiger partial charge in [0.2, 0.25) is 0 Å². The molecule has 0 radical (unpaired) electrons. The lowest BCUT2D eigenvalue weighted by Crippen LogP contribution is -2.46. The number of benzene rings is 1. The van der Waals surface area contributed by atoms with Crippen molar-refractivity contribution in [3.05, 3.63) is 28.2 Å². The van der Waals surface area contributed by atoms with Gasteiger partial charge in [0.25, 0.3) is 0 Å². The van der Waals surface area contributed by atoms with Crippen LogP contribution in [0.15, 0.2) is 22.7 Å². The maximum absolute atomic E-state index is 8.74. The van der Waals surface area contributed by atoms with Crippen molar-refractivity contribution in [2.75, 3.05) is 39.3 Å². The van der Waals surface area contributed by atoms with Crippen LogP contribution in [0.3, 0.4) is 0 Å². The van der Waals surface area contributed by atoms with E-state index in [1.165, 1.54) is 37.7 Å². The highest BCUT2D eigenvalue weighted by atomic mass is 79.9. The van der Waals surface area contributed by atoms with Gasteiger partial charge in [-0.2, -0.15) is 5.26 Å². The minimum absolute atomic E-state index is 0.627. The predicted octanol–water partition coefficient (Wildman–Crippen LogP) is 5.22. The molecule has 27 heavy (non-hydrogen) atoms. The number of nitrogens with zero attached hydrogens (tertiary/aromatic N) is 3. The summed E-state index contributed by atoms with van der Waals surface area (Å²) >= 11 is 3.60. The molecule has 0 amide bonds. The summed E-state index contributed by atoms with van der Waals surface area (Å²) in [5.41, 5.74) is 1.26. The number of hydrogen-bond acceptors (Lipinski definition) is 4. The van der Waals surface area contributed by atoms with E-state index in [1.54, 1.807) is 0 Å². The van der Waals surface area contributed by atoms with E-state index in [2.05, 4.69) is 56.9 Å². The summed E-state index contributed by atoms with van der Waals surface area (Å²) in [5.74, 6) is 1.03. The molecule has 1 aliphatic rings. The van der Waals surface area contributed by atoms with Crippen molar-refractivity contribution in [3.8, 4) is 11.8 Å². The Bertz CT molecular complexity index is 579. The van der Waals surface area contributed by atoms with Gasteiger partial charge >= 0.3 is 0 Å². The molecule has 150 valence electrons. The Balaban J connectivity index is 1.77. The molecule has 5 heteroatoms. The monoisotopic (exact) mass is 435 g/mol. The highest BCUT2D eigenvalue weighted by Gasteiger charge is 2.18. The zero-order valence-electron chi connectivity index (χ0n) is 16.8. The van der Waals surface area contributed by atoms with E-state index in [0.717, 1.165) is 62.5 Å². The van der Waals surface area contributed by atoms with E-state index >= 15 is 0 Å². The van der Waals surface area contributed by atoms with E-state index in [9.17, 15) is 0 Å². The summed E-state index contributed by atoms with van der Waals surface area (Å²) in [7, 11) is 0. The molecule has 0 spiro atoms. The first-order valence-electron chi connectivity index (χ1n) is 10.5. The van der Waals surface area contributed by atoms with E-state index < -0.39 is 0 Å². The standard InChI is InChI=1S/C22H34BrN3O/c1-2-3-4-5-6-7-17-27-22-10-9-21(23)18-20(22)19-26-15-13-25(14-16-26)12-8-11-24/h9-10,18H,2-8,12-17,19H2,1H3. The van der Waals surface area contributed by atoms with E-state index in [4.69, 9.17) is 10.00 Å². The van der Waals surface area contributed by atoms with Gasteiger partial charge in [-0.05, 0) is 24.6 Å². The van der Waals surface area contributed by atoms with Crippen LogP contribution in [0, 0.1) is 11.3 Å². The van der Waals surface area contributed by atoms with Crippen LogP contribution in [0.25, 0.3) is 0 Å². The Morgan fingerprint density at radius 1 is 1.04 bits per heavy atom. The number of halogens is 1. The smallest absolute Gasteiger partial charge is 0.123 e. The second-order valence-corrected chi connectivity index (χ2v) is 8.31. The molecule has 1 heterocycles.